The van der Waals surface area contributed by atoms with Gasteiger partial charge in [0.05, 0.1) is 18.1 Å². The predicted molar refractivity (Wildman–Crippen MR) is 96.7 cm³/mol. The Morgan fingerprint density at radius 1 is 1.00 bits per heavy atom. The number of ketones is 1. The molecule has 3 heteroatoms. The smallest absolute Gasteiger partial charge is 0.161 e. The zero-order valence-electron chi connectivity index (χ0n) is 15.2. The molecule has 0 heterocycles. The van der Waals surface area contributed by atoms with Crippen LogP contribution in [0.2, 0.25) is 0 Å². The molecule has 6 rings (SSSR count). The van der Waals surface area contributed by atoms with E-state index >= 15 is 0 Å². The van der Waals surface area contributed by atoms with Gasteiger partial charge in [0.2, 0.25) is 0 Å². The van der Waals surface area contributed by atoms with Crippen molar-refractivity contribution in [3.05, 3.63) is 35.4 Å². The van der Waals surface area contributed by atoms with E-state index in [9.17, 15) is 15.3 Å². The number of nitrogens with zero attached hydrogens (tertiary/aromatic N) is 2. The first-order chi connectivity index (χ1) is 12.5. The third-order valence-corrected chi connectivity index (χ3v) is 7.94. The Balaban J connectivity index is 1.53. The zero-order chi connectivity index (χ0) is 18.1. The molecule has 0 radical (unpaired) electrons. The van der Waals surface area contributed by atoms with E-state index in [0.717, 1.165) is 30.4 Å². The Labute approximate surface area is 155 Å². The summed E-state index contributed by atoms with van der Waals surface area (Å²) in [5.74, 6) is 1.64. The van der Waals surface area contributed by atoms with Gasteiger partial charge in [-0.15, -0.1) is 0 Å². The average molecular weight is 344 g/mol. The number of carbonyl (C=O) groups excluding carboxylic acids is 1. The van der Waals surface area contributed by atoms with Crippen molar-refractivity contribution in [3.8, 4) is 12.1 Å². The van der Waals surface area contributed by atoms with E-state index in [2.05, 4.69) is 12.1 Å². The molecule has 5 fully saturated rings. The minimum Gasteiger partial charge on any atom is -0.299 e. The number of nitriles is 2. The van der Waals surface area contributed by atoms with Gasteiger partial charge >= 0.3 is 0 Å². The van der Waals surface area contributed by atoms with Crippen LogP contribution in [0, 0.1) is 64.1 Å². The van der Waals surface area contributed by atoms with Crippen molar-refractivity contribution >= 4 is 5.78 Å². The summed E-state index contributed by atoms with van der Waals surface area (Å²) >= 11 is 0. The second-order valence-electron chi connectivity index (χ2n) is 9.47. The minimum atomic E-state index is -1.16. The van der Waals surface area contributed by atoms with Crippen LogP contribution in [-0.4, -0.2) is 5.78 Å². The van der Waals surface area contributed by atoms with Gasteiger partial charge in [0, 0.05) is 11.3 Å². The Kier molecular flexibility index (Phi) is 3.21. The molecule has 26 heavy (non-hydrogen) atoms. The van der Waals surface area contributed by atoms with Crippen LogP contribution in [0.15, 0.2) is 24.3 Å². The Hall–Kier alpha value is -2.13. The van der Waals surface area contributed by atoms with Crippen molar-refractivity contribution < 1.29 is 4.79 Å². The maximum Gasteiger partial charge on any atom is 0.161 e. The normalized spacial score (nSPS) is 41.3. The highest BCUT2D eigenvalue weighted by molar-refractivity contribution is 5.94. The van der Waals surface area contributed by atoms with Gasteiger partial charge in [-0.1, -0.05) is 24.3 Å². The molecule has 132 valence electrons. The third-order valence-electron chi connectivity index (χ3n) is 7.94. The van der Waals surface area contributed by atoms with Gasteiger partial charge in [-0.05, 0) is 74.3 Å². The molecule has 0 aliphatic heterocycles. The second kappa shape index (κ2) is 5.20. The van der Waals surface area contributed by atoms with Gasteiger partial charge in [0.1, 0.15) is 5.78 Å². The van der Waals surface area contributed by atoms with Crippen LogP contribution in [0.5, 0.6) is 0 Å². The molecule has 2 unspecified atom stereocenters. The zero-order valence-corrected chi connectivity index (χ0v) is 15.2. The van der Waals surface area contributed by atoms with E-state index in [-0.39, 0.29) is 17.1 Å². The molecule has 5 saturated carbocycles. The molecule has 2 atom stereocenters. The van der Waals surface area contributed by atoms with E-state index in [1.807, 2.05) is 31.2 Å². The van der Waals surface area contributed by atoms with Crippen molar-refractivity contribution in [2.75, 3.05) is 0 Å². The van der Waals surface area contributed by atoms with E-state index in [4.69, 9.17) is 0 Å². The lowest BCUT2D eigenvalue weighted by atomic mass is 9.48. The van der Waals surface area contributed by atoms with E-state index in [1.54, 1.807) is 0 Å². The summed E-state index contributed by atoms with van der Waals surface area (Å²) in [5, 5.41) is 19.7. The third kappa shape index (κ3) is 1.95. The Bertz CT molecular complexity index is 822. The average Bonchev–Trinajstić information content (AvgIpc) is 3.29. The van der Waals surface area contributed by atoms with Gasteiger partial charge in [-0.3, -0.25) is 4.79 Å². The van der Waals surface area contributed by atoms with Gasteiger partial charge in [0.25, 0.3) is 0 Å². The van der Waals surface area contributed by atoms with Crippen LogP contribution in [0.1, 0.15) is 55.6 Å². The molecule has 5 aliphatic rings. The first kappa shape index (κ1) is 16.1. The molecule has 0 N–H and O–H groups in total. The summed E-state index contributed by atoms with van der Waals surface area (Å²) < 4.78 is 0. The molecule has 3 nitrogen and oxygen atoms in total. The van der Waals surface area contributed by atoms with Gasteiger partial charge < -0.3 is 0 Å². The summed E-state index contributed by atoms with van der Waals surface area (Å²) in [6, 6.07) is 12.4. The molecule has 1 aromatic carbocycles. The maximum absolute atomic E-state index is 13.8. The van der Waals surface area contributed by atoms with Crippen LogP contribution in [-0.2, 0) is 4.79 Å². The molecule has 5 aliphatic carbocycles. The first-order valence-electron chi connectivity index (χ1n) is 9.95. The number of Topliss-reactive ketones (excluding diaryl/α,β-unsaturated/α-hetero) is 1. The lowest BCUT2D eigenvalue weighted by Crippen LogP contribution is -2.50. The molecule has 0 saturated heterocycles. The van der Waals surface area contributed by atoms with Gasteiger partial charge in [-0.25, -0.2) is 0 Å². The molecule has 0 aromatic heterocycles. The quantitative estimate of drug-likeness (QED) is 0.809. The summed E-state index contributed by atoms with van der Waals surface area (Å²) in [7, 11) is 0. The fraction of sp³-hybridized carbons (Fsp3) is 0.609. The van der Waals surface area contributed by atoms with Crippen LogP contribution in [0.25, 0.3) is 0 Å². The highest BCUT2D eigenvalue weighted by Gasteiger charge is 2.73. The standard InChI is InChI=1S/C23H24N2O/c1-14-4-2-3-5-18(14)19-20(23(19,12-24)13-25)21(26)22-9-15-6-16(10-22)8-17(7-15)11-22/h2-5,15-17,19-20H,6-11H2,1H3. The fourth-order valence-electron chi connectivity index (χ4n) is 7.15. The number of benzene rings is 1. The molecule has 0 amide bonds. The number of hydrogen-bond acceptors (Lipinski definition) is 3. The van der Waals surface area contributed by atoms with Crippen molar-refractivity contribution in [2.45, 2.75) is 51.4 Å². The van der Waals surface area contributed by atoms with Crippen molar-refractivity contribution in [2.24, 2.45) is 34.5 Å². The van der Waals surface area contributed by atoms with E-state index < -0.39 is 11.3 Å². The largest absolute Gasteiger partial charge is 0.299 e. The number of rotatable bonds is 3. The van der Waals surface area contributed by atoms with E-state index in [1.165, 1.54) is 19.3 Å². The van der Waals surface area contributed by atoms with E-state index in [0.29, 0.717) is 17.8 Å². The summed E-state index contributed by atoms with van der Waals surface area (Å²) in [6.45, 7) is 2.01. The van der Waals surface area contributed by atoms with Crippen molar-refractivity contribution in [3.63, 3.8) is 0 Å². The summed E-state index contributed by atoms with van der Waals surface area (Å²) in [6.07, 6.45) is 6.88. The first-order valence-corrected chi connectivity index (χ1v) is 9.95. The van der Waals surface area contributed by atoms with Gasteiger partial charge in [0.15, 0.2) is 5.41 Å². The SMILES string of the molecule is Cc1ccccc1C1C(C(=O)C23CC4CC(CC(C4)C2)C3)C1(C#N)C#N. The molecular formula is C23H24N2O. The molecule has 4 bridgehead atoms. The summed E-state index contributed by atoms with van der Waals surface area (Å²) in [4.78, 5) is 13.8. The van der Waals surface area contributed by atoms with Crippen LogP contribution in [0.3, 0.4) is 0 Å². The molecule has 0 spiro atoms. The lowest BCUT2D eigenvalue weighted by Gasteiger charge is -2.56. The van der Waals surface area contributed by atoms with Crippen LogP contribution < -0.4 is 0 Å². The second-order valence-corrected chi connectivity index (χ2v) is 9.47. The van der Waals surface area contributed by atoms with Gasteiger partial charge in [-0.2, -0.15) is 10.5 Å². The molecular weight excluding hydrogens is 320 g/mol. The summed E-state index contributed by atoms with van der Waals surface area (Å²) in [5.41, 5.74) is 0.689. The maximum atomic E-state index is 13.8. The fourth-order valence-corrected chi connectivity index (χ4v) is 7.15. The Morgan fingerprint density at radius 2 is 1.54 bits per heavy atom. The molecule has 1 aromatic rings. The minimum absolute atomic E-state index is 0.240. The predicted octanol–water partition coefficient (Wildman–Crippen LogP) is 4.53. The Morgan fingerprint density at radius 3 is 2.04 bits per heavy atom. The number of hydrogen-bond donors (Lipinski definition) is 0. The van der Waals surface area contributed by atoms with Crippen LogP contribution in [0.4, 0.5) is 0 Å². The van der Waals surface area contributed by atoms with Crippen molar-refractivity contribution in [1.29, 1.82) is 10.5 Å². The van der Waals surface area contributed by atoms with Crippen LogP contribution >= 0.6 is 0 Å². The highest BCUT2D eigenvalue weighted by atomic mass is 16.1. The number of aryl methyl sites for hydroxylation is 1. The monoisotopic (exact) mass is 344 g/mol. The number of carbonyl (C=O) groups is 1. The lowest BCUT2D eigenvalue weighted by molar-refractivity contribution is -0.145. The topological polar surface area (TPSA) is 64.7 Å². The highest BCUT2D eigenvalue weighted by Crippen LogP contribution is 2.70. The van der Waals surface area contributed by atoms with Crippen molar-refractivity contribution in [1.82, 2.24) is 0 Å².